The predicted octanol–water partition coefficient (Wildman–Crippen LogP) is 1.68. The van der Waals surface area contributed by atoms with Crippen LogP contribution in [0.25, 0.3) is 6.08 Å². The number of benzene rings is 1. The topological polar surface area (TPSA) is 70.8 Å². The maximum Gasteiger partial charge on any atom is 0.315 e. The number of nitro groups is 1. The first-order valence-corrected chi connectivity index (χ1v) is 4.89. The molecule has 1 atom stereocenters. The van der Waals surface area contributed by atoms with Gasteiger partial charge in [-0.15, -0.1) is 0 Å². The van der Waals surface area contributed by atoms with Crippen molar-refractivity contribution in [2.75, 3.05) is 14.2 Å². The molecule has 2 rings (SSSR count). The molecule has 1 aromatic carbocycles. The third-order valence-corrected chi connectivity index (χ3v) is 2.42. The van der Waals surface area contributed by atoms with Gasteiger partial charge in [-0.25, -0.2) is 0 Å². The van der Waals surface area contributed by atoms with Crippen LogP contribution in [0.5, 0.6) is 11.5 Å². The lowest BCUT2D eigenvalue weighted by Crippen LogP contribution is -2.28. The Morgan fingerprint density at radius 1 is 1.41 bits per heavy atom. The minimum absolute atomic E-state index is 0.131. The minimum Gasteiger partial charge on any atom is -0.493 e. The van der Waals surface area contributed by atoms with Gasteiger partial charge in [0.15, 0.2) is 11.5 Å². The molecule has 0 amide bonds. The number of methoxy groups -OCH3 is 2. The van der Waals surface area contributed by atoms with Gasteiger partial charge < -0.3 is 14.2 Å². The molecule has 1 aromatic rings. The lowest BCUT2D eigenvalue weighted by Gasteiger charge is -2.22. The lowest BCUT2D eigenvalue weighted by atomic mass is 10.1. The minimum atomic E-state index is -1.02. The number of hydrogen-bond acceptors (Lipinski definition) is 5. The number of fused-ring (bicyclic) bond motifs is 1. The van der Waals surface area contributed by atoms with E-state index in [0.717, 1.165) is 0 Å². The molecule has 1 aliphatic heterocycles. The second kappa shape index (κ2) is 4.42. The molecule has 17 heavy (non-hydrogen) atoms. The molecule has 90 valence electrons. The molecule has 0 bridgehead atoms. The van der Waals surface area contributed by atoms with Crippen LogP contribution in [0.4, 0.5) is 0 Å². The van der Waals surface area contributed by atoms with Crippen LogP contribution in [0.3, 0.4) is 0 Å². The summed E-state index contributed by atoms with van der Waals surface area (Å²) in [7, 11) is 2.86. The second-order valence-electron chi connectivity index (χ2n) is 3.39. The van der Waals surface area contributed by atoms with Crippen molar-refractivity contribution in [1.29, 1.82) is 0 Å². The summed E-state index contributed by atoms with van der Waals surface area (Å²) in [5.41, 5.74) is 0.470. The van der Waals surface area contributed by atoms with E-state index in [4.69, 9.17) is 14.2 Å². The normalized spacial score (nSPS) is 17.8. The Balaban J connectivity index is 2.52. The van der Waals surface area contributed by atoms with Crippen LogP contribution >= 0.6 is 0 Å². The molecule has 0 fully saturated rings. The van der Waals surface area contributed by atoms with Gasteiger partial charge >= 0.3 is 5.70 Å². The van der Waals surface area contributed by atoms with Gasteiger partial charge in [0.25, 0.3) is 6.29 Å². The summed E-state index contributed by atoms with van der Waals surface area (Å²) in [6.07, 6.45) is 0.406. The van der Waals surface area contributed by atoms with Gasteiger partial charge in [-0.1, -0.05) is 12.1 Å². The van der Waals surface area contributed by atoms with Crippen molar-refractivity contribution in [2.24, 2.45) is 0 Å². The zero-order chi connectivity index (χ0) is 12.4. The maximum absolute atomic E-state index is 10.8. The quantitative estimate of drug-likeness (QED) is 0.590. The first-order chi connectivity index (χ1) is 8.17. The Bertz CT molecular complexity index is 483. The van der Waals surface area contributed by atoms with Gasteiger partial charge in [0.2, 0.25) is 0 Å². The molecule has 1 heterocycles. The van der Waals surface area contributed by atoms with Crippen LogP contribution in [-0.4, -0.2) is 25.4 Å². The van der Waals surface area contributed by atoms with Gasteiger partial charge in [0.05, 0.1) is 12.0 Å². The lowest BCUT2D eigenvalue weighted by molar-refractivity contribution is -0.443. The molecular weight excluding hydrogens is 226 g/mol. The molecule has 1 aliphatic rings. The standard InChI is InChI=1S/C11H11NO5/c1-15-9-5-3-4-7-6-8(12(13)14)11(16-2)17-10(7)9/h3-6,11H,1-2H3. The first-order valence-electron chi connectivity index (χ1n) is 4.89. The van der Waals surface area contributed by atoms with Crippen molar-refractivity contribution in [2.45, 2.75) is 6.29 Å². The maximum atomic E-state index is 10.8. The third-order valence-electron chi connectivity index (χ3n) is 2.42. The average molecular weight is 237 g/mol. The fourth-order valence-corrected chi connectivity index (χ4v) is 1.64. The molecule has 0 N–H and O–H groups in total. The summed E-state index contributed by atoms with van der Waals surface area (Å²) >= 11 is 0. The highest BCUT2D eigenvalue weighted by atomic mass is 16.7. The summed E-state index contributed by atoms with van der Waals surface area (Å²) < 4.78 is 15.5. The van der Waals surface area contributed by atoms with E-state index in [9.17, 15) is 10.1 Å². The Kier molecular flexibility index (Phi) is 2.97. The number of nitrogens with zero attached hydrogens (tertiary/aromatic N) is 1. The van der Waals surface area contributed by atoms with E-state index in [1.54, 1.807) is 18.2 Å². The fourth-order valence-electron chi connectivity index (χ4n) is 1.64. The summed E-state index contributed by atoms with van der Waals surface area (Å²) in [5.74, 6) is 0.968. The van der Waals surface area contributed by atoms with Crippen LogP contribution in [0.15, 0.2) is 23.9 Å². The van der Waals surface area contributed by atoms with E-state index in [2.05, 4.69) is 0 Å². The van der Waals surface area contributed by atoms with Crippen molar-refractivity contribution < 1.29 is 19.1 Å². The average Bonchev–Trinajstić information content (AvgIpc) is 2.36. The highest BCUT2D eigenvalue weighted by Crippen LogP contribution is 2.37. The third kappa shape index (κ3) is 1.94. The first kappa shape index (κ1) is 11.4. The smallest absolute Gasteiger partial charge is 0.315 e. The van der Waals surface area contributed by atoms with Crippen LogP contribution in [0.2, 0.25) is 0 Å². The zero-order valence-electron chi connectivity index (χ0n) is 9.38. The summed E-state index contributed by atoms with van der Waals surface area (Å²) in [5, 5.41) is 10.8. The molecule has 0 aliphatic carbocycles. The van der Waals surface area contributed by atoms with Crippen molar-refractivity contribution in [3.05, 3.63) is 39.6 Å². The number of para-hydroxylation sites is 1. The van der Waals surface area contributed by atoms with Crippen LogP contribution in [-0.2, 0) is 4.74 Å². The predicted molar refractivity (Wildman–Crippen MR) is 59.4 cm³/mol. The molecule has 0 saturated carbocycles. The van der Waals surface area contributed by atoms with Crippen molar-refractivity contribution >= 4 is 6.08 Å². The second-order valence-corrected chi connectivity index (χ2v) is 3.39. The molecule has 6 heteroatoms. The molecule has 0 radical (unpaired) electrons. The van der Waals surface area contributed by atoms with E-state index in [1.165, 1.54) is 20.3 Å². The fraction of sp³-hybridized carbons (Fsp3) is 0.273. The van der Waals surface area contributed by atoms with Gasteiger partial charge in [-0.3, -0.25) is 10.1 Å². The number of hydrogen-bond donors (Lipinski definition) is 0. The molecule has 6 nitrogen and oxygen atoms in total. The van der Waals surface area contributed by atoms with Crippen molar-refractivity contribution in [1.82, 2.24) is 0 Å². The SMILES string of the molecule is COc1cccc2c1OC(OC)C([N+](=O)[O-])=C2. The van der Waals surface area contributed by atoms with Crippen molar-refractivity contribution in [3.8, 4) is 11.5 Å². The van der Waals surface area contributed by atoms with E-state index in [0.29, 0.717) is 17.1 Å². The summed E-state index contributed by atoms with van der Waals surface area (Å²) in [6.45, 7) is 0. The Hall–Kier alpha value is -2.08. The summed E-state index contributed by atoms with van der Waals surface area (Å²) in [6, 6.07) is 5.17. The van der Waals surface area contributed by atoms with Gasteiger partial charge in [-0.05, 0) is 6.07 Å². The van der Waals surface area contributed by atoms with Gasteiger partial charge in [-0.2, -0.15) is 0 Å². The highest BCUT2D eigenvalue weighted by Gasteiger charge is 2.33. The van der Waals surface area contributed by atoms with Crippen LogP contribution in [0, 0.1) is 10.1 Å². The Morgan fingerprint density at radius 3 is 2.76 bits per heavy atom. The van der Waals surface area contributed by atoms with Crippen LogP contribution < -0.4 is 9.47 Å². The van der Waals surface area contributed by atoms with E-state index in [-0.39, 0.29) is 5.70 Å². The van der Waals surface area contributed by atoms with Gasteiger partial charge in [0, 0.05) is 18.7 Å². The van der Waals surface area contributed by atoms with E-state index < -0.39 is 11.2 Å². The molecule has 1 unspecified atom stereocenters. The molecule has 0 aromatic heterocycles. The zero-order valence-corrected chi connectivity index (χ0v) is 9.38. The Morgan fingerprint density at radius 2 is 2.18 bits per heavy atom. The number of rotatable bonds is 3. The highest BCUT2D eigenvalue weighted by molar-refractivity contribution is 5.65. The molecule has 0 spiro atoms. The van der Waals surface area contributed by atoms with Crippen molar-refractivity contribution in [3.63, 3.8) is 0 Å². The van der Waals surface area contributed by atoms with Crippen LogP contribution in [0.1, 0.15) is 5.56 Å². The molecule has 0 saturated heterocycles. The van der Waals surface area contributed by atoms with E-state index in [1.807, 2.05) is 0 Å². The largest absolute Gasteiger partial charge is 0.493 e. The molecular formula is C11H11NO5. The van der Waals surface area contributed by atoms with Gasteiger partial charge in [0.1, 0.15) is 0 Å². The monoisotopic (exact) mass is 237 g/mol. The Labute approximate surface area is 97.6 Å². The van der Waals surface area contributed by atoms with E-state index >= 15 is 0 Å². The summed E-state index contributed by atoms with van der Waals surface area (Å²) in [4.78, 5) is 10.3. The number of ether oxygens (including phenoxy) is 3.